The zero-order chi connectivity index (χ0) is 9.97. The van der Waals surface area contributed by atoms with E-state index in [9.17, 15) is 9.90 Å². The Balaban J connectivity index is 0.00000112. The van der Waals surface area contributed by atoms with E-state index in [-0.39, 0.29) is 30.5 Å². The minimum Gasteiger partial charge on any atom is -0.392 e. The summed E-state index contributed by atoms with van der Waals surface area (Å²) in [5, 5.41) is 15.2. The molecule has 4 nitrogen and oxygen atoms in total. The van der Waals surface area contributed by atoms with Crippen molar-refractivity contribution in [2.45, 2.75) is 37.8 Å². The van der Waals surface area contributed by atoms with Crippen LogP contribution >= 0.6 is 12.4 Å². The van der Waals surface area contributed by atoms with Crippen molar-refractivity contribution < 1.29 is 9.90 Å². The van der Waals surface area contributed by atoms with Crippen molar-refractivity contribution in [3.8, 4) is 0 Å². The molecule has 2 fully saturated rings. The number of hydrogen-bond acceptors (Lipinski definition) is 3. The predicted octanol–water partition coefficient (Wildman–Crippen LogP) is 0.0473. The SMILES string of the molecule is Cl.O=C(NCC1CCC1)[C@H]1C[C@H](O)CN1. The summed E-state index contributed by atoms with van der Waals surface area (Å²) in [6.07, 6.45) is 4.01. The molecule has 1 aliphatic carbocycles. The van der Waals surface area contributed by atoms with Crippen LogP contribution in [0.15, 0.2) is 0 Å². The van der Waals surface area contributed by atoms with Crippen molar-refractivity contribution in [3.63, 3.8) is 0 Å². The maximum absolute atomic E-state index is 11.6. The van der Waals surface area contributed by atoms with Gasteiger partial charge in [-0.1, -0.05) is 6.42 Å². The minimum atomic E-state index is -0.352. The van der Waals surface area contributed by atoms with Crippen molar-refractivity contribution in [2.75, 3.05) is 13.1 Å². The van der Waals surface area contributed by atoms with Gasteiger partial charge >= 0.3 is 0 Å². The molecule has 0 radical (unpaired) electrons. The van der Waals surface area contributed by atoms with Crippen molar-refractivity contribution in [1.29, 1.82) is 0 Å². The molecule has 0 spiro atoms. The third-order valence-corrected chi connectivity index (χ3v) is 3.21. The number of rotatable bonds is 3. The highest BCUT2D eigenvalue weighted by Gasteiger charge is 2.28. The number of nitrogens with one attached hydrogen (secondary N) is 2. The Labute approximate surface area is 96.2 Å². The van der Waals surface area contributed by atoms with Gasteiger partial charge in [-0.25, -0.2) is 0 Å². The van der Waals surface area contributed by atoms with E-state index in [1.807, 2.05) is 0 Å². The van der Waals surface area contributed by atoms with Gasteiger partial charge in [-0.15, -0.1) is 12.4 Å². The second-order valence-corrected chi connectivity index (χ2v) is 4.39. The van der Waals surface area contributed by atoms with Crippen molar-refractivity contribution in [2.24, 2.45) is 5.92 Å². The smallest absolute Gasteiger partial charge is 0.237 e. The molecule has 2 atom stereocenters. The predicted molar refractivity (Wildman–Crippen MR) is 60.0 cm³/mol. The third-order valence-electron chi connectivity index (χ3n) is 3.21. The van der Waals surface area contributed by atoms with Crippen molar-refractivity contribution in [3.05, 3.63) is 0 Å². The molecule has 0 aromatic carbocycles. The summed E-state index contributed by atoms with van der Waals surface area (Å²) in [6, 6.07) is -0.176. The van der Waals surface area contributed by atoms with Gasteiger partial charge in [-0.2, -0.15) is 0 Å². The van der Waals surface area contributed by atoms with Crippen molar-refractivity contribution >= 4 is 18.3 Å². The number of aliphatic hydroxyl groups excluding tert-OH is 1. The summed E-state index contributed by atoms with van der Waals surface area (Å²) >= 11 is 0. The van der Waals surface area contributed by atoms with E-state index < -0.39 is 0 Å². The molecule has 3 N–H and O–H groups in total. The number of β-amino-alcohol motifs (C(OH)–C–C–N with tert-alkyl or cyclic N) is 1. The standard InChI is InChI=1S/C10H18N2O2.ClH/c13-8-4-9(11-6-8)10(14)12-5-7-2-1-3-7;/h7-9,11,13H,1-6H2,(H,12,14);1H/t8-,9+;/m0./s1. The Hall–Kier alpha value is -0.320. The van der Waals surface area contributed by atoms with Gasteiger partial charge in [0.1, 0.15) is 0 Å². The van der Waals surface area contributed by atoms with Crippen LogP contribution < -0.4 is 10.6 Å². The van der Waals surface area contributed by atoms with Gasteiger partial charge in [0, 0.05) is 13.1 Å². The quantitative estimate of drug-likeness (QED) is 0.647. The van der Waals surface area contributed by atoms with Crippen LogP contribution in [0.5, 0.6) is 0 Å². The molecular weight excluding hydrogens is 216 g/mol. The molecule has 1 saturated carbocycles. The lowest BCUT2D eigenvalue weighted by Crippen LogP contribution is -2.43. The molecule has 2 aliphatic rings. The lowest BCUT2D eigenvalue weighted by atomic mass is 9.85. The van der Waals surface area contributed by atoms with Crippen LogP contribution in [0, 0.1) is 5.92 Å². The molecule has 1 amide bonds. The van der Waals surface area contributed by atoms with Gasteiger partial charge in [0.05, 0.1) is 12.1 Å². The lowest BCUT2D eigenvalue weighted by molar-refractivity contribution is -0.123. The van der Waals surface area contributed by atoms with Gasteiger partial charge in [-0.3, -0.25) is 4.79 Å². The summed E-state index contributed by atoms with van der Waals surface area (Å²) in [7, 11) is 0. The van der Waals surface area contributed by atoms with Gasteiger partial charge in [0.2, 0.25) is 5.91 Å². The number of carbonyl (C=O) groups excluding carboxylic acids is 1. The summed E-state index contributed by atoms with van der Waals surface area (Å²) in [5.74, 6) is 0.749. The number of hydrogen-bond donors (Lipinski definition) is 3. The van der Waals surface area contributed by atoms with Crippen LogP contribution in [0.25, 0.3) is 0 Å². The summed E-state index contributed by atoms with van der Waals surface area (Å²) in [5.41, 5.74) is 0. The fourth-order valence-corrected chi connectivity index (χ4v) is 1.98. The summed E-state index contributed by atoms with van der Waals surface area (Å²) < 4.78 is 0. The first-order valence-corrected chi connectivity index (χ1v) is 5.45. The largest absolute Gasteiger partial charge is 0.392 e. The first-order valence-electron chi connectivity index (χ1n) is 5.45. The van der Waals surface area contributed by atoms with Crippen LogP contribution in [0.4, 0.5) is 0 Å². The van der Waals surface area contributed by atoms with Gasteiger partial charge in [0.25, 0.3) is 0 Å². The molecular formula is C10H19ClN2O2. The fourth-order valence-electron chi connectivity index (χ4n) is 1.98. The molecule has 88 valence electrons. The van der Waals surface area contributed by atoms with E-state index in [0.29, 0.717) is 18.9 Å². The lowest BCUT2D eigenvalue weighted by Gasteiger charge is -2.26. The highest BCUT2D eigenvalue weighted by atomic mass is 35.5. The average molecular weight is 235 g/mol. The first kappa shape index (κ1) is 12.7. The molecule has 0 bridgehead atoms. The zero-order valence-electron chi connectivity index (χ0n) is 8.74. The Bertz CT molecular complexity index is 221. The van der Waals surface area contributed by atoms with Gasteiger partial charge < -0.3 is 15.7 Å². The number of amides is 1. The Kier molecular flexibility index (Phi) is 4.83. The average Bonchev–Trinajstić information content (AvgIpc) is 2.49. The third kappa shape index (κ3) is 3.33. The normalized spacial score (nSPS) is 30.5. The summed E-state index contributed by atoms with van der Waals surface area (Å²) in [6.45, 7) is 1.36. The number of carbonyl (C=O) groups is 1. The van der Waals surface area contributed by atoms with Crippen LogP contribution in [-0.2, 0) is 4.79 Å². The second kappa shape index (κ2) is 5.68. The van der Waals surface area contributed by atoms with E-state index in [2.05, 4.69) is 10.6 Å². The van der Waals surface area contributed by atoms with Gasteiger partial charge in [0.15, 0.2) is 0 Å². The van der Waals surface area contributed by atoms with Crippen LogP contribution in [0.1, 0.15) is 25.7 Å². The van der Waals surface area contributed by atoms with Crippen LogP contribution in [0.3, 0.4) is 0 Å². The molecule has 1 heterocycles. The fraction of sp³-hybridized carbons (Fsp3) is 0.900. The van der Waals surface area contributed by atoms with E-state index in [4.69, 9.17) is 0 Å². The highest BCUT2D eigenvalue weighted by Crippen LogP contribution is 2.25. The molecule has 0 unspecified atom stereocenters. The molecule has 0 aromatic rings. The highest BCUT2D eigenvalue weighted by molar-refractivity contribution is 5.85. The monoisotopic (exact) mass is 234 g/mol. The molecule has 15 heavy (non-hydrogen) atoms. The Morgan fingerprint density at radius 1 is 1.47 bits per heavy atom. The summed E-state index contributed by atoms with van der Waals surface area (Å²) in [4.78, 5) is 11.6. The topological polar surface area (TPSA) is 61.4 Å². The first-order chi connectivity index (χ1) is 6.75. The van der Waals surface area contributed by atoms with E-state index in [0.717, 1.165) is 6.54 Å². The van der Waals surface area contributed by atoms with E-state index in [1.165, 1.54) is 19.3 Å². The maximum Gasteiger partial charge on any atom is 0.237 e. The Morgan fingerprint density at radius 2 is 2.20 bits per heavy atom. The van der Waals surface area contributed by atoms with E-state index >= 15 is 0 Å². The van der Waals surface area contributed by atoms with Crippen molar-refractivity contribution in [1.82, 2.24) is 10.6 Å². The van der Waals surface area contributed by atoms with Crippen LogP contribution in [-0.4, -0.2) is 36.2 Å². The number of halogens is 1. The molecule has 1 saturated heterocycles. The zero-order valence-corrected chi connectivity index (χ0v) is 9.55. The minimum absolute atomic E-state index is 0. The molecule has 1 aliphatic heterocycles. The van der Waals surface area contributed by atoms with E-state index in [1.54, 1.807) is 0 Å². The second-order valence-electron chi connectivity index (χ2n) is 4.39. The Morgan fingerprint density at radius 3 is 2.67 bits per heavy atom. The van der Waals surface area contributed by atoms with Gasteiger partial charge in [-0.05, 0) is 25.2 Å². The molecule has 2 rings (SSSR count). The molecule has 5 heteroatoms. The maximum atomic E-state index is 11.6. The molecule has 0 aromatic heterocycles. The van der Waals surface area contributed by atoms with Crippen LogP contribution in [0.2, 0.25) is 0 Å². The number of aliphatic hydroxyl groups is 1.